The molecule has 2 amide bonds. The van der Waals surface area contributed by atoms with Gasteiger partial charge in [-0.05, 0) is 19.1 Å². The first-order valence-electron chi connectivity index (χ1n) is 5.15. The average Bonchev–Trinajstić information content (AvgIpc) is 2.29. The molecular formula is C11H16N4O2. The Hall–Kier alpha value is -2.24. The van der Waals surface area contributed by atoms with Crippen LogP contribution < -0.4 is 20.7 Å². The molecule has 0 aromatic heterocycles. The molecule has 0 aliphatic heterocycles. The van der Waals surface area contributed by atoms with Gasteiger partial charge in [-0.1, -0.05) is 12.1 Å². The third-order valence-corrected chi connectivity index (χ3v) is 2.18. The van der Waals surface area contributed by atoms with Crippen molar-refractivity contribution in [1.29, 1.82) is 5.41 Å². The van der Waals surface area contributed by atoms with Crippen LogP contribution in [0, 0.1) is 5.41 Å². The number of hydrogen-bond donors (Lipinski definition) is 3. The van der Waals surface area contributed by atoms with Crippen LogP contribution in [-0.2, 0) is 0 Å². The highest BCUT2D eigenvalue weighted by Crippen LogP contribution is 2.27. The van der Waals surface area contributed by atoms with Gasteiger partial charge in [0.1, 0.15) is 5.75 Å². The lowest BCUT2D eigenvalue weighted by Gasteiger charge is -2.22. The summed E-state index contributed by atoms with van der Waals surface area (Å²) in [5.41, 5.74) is 5.76. The highest BCUT2D eigenvalue weighted by atomic mass is 16.5. The van der Waals surface area contributed by atoms with E-state index in [0.29, 0.717) is 18.0 Å². The molecule has 0 aliphatic carbocycles. The predicted molar refractivity (Wildman–Crippen MR) is 66.5 cm³/mol. The number of rotatable bonds is 3. The second-order valence-electron chi connectivity index (χ2n) is 3.26. The van der Waals surface area contributed by atoms with Crippen molar-refractivity contribution in [2.75, 3.05) is 18.6 Å². The van der Waals surface area contributed by atoms with Crippen LogP contribution in [0.1, 0.15) is 6.92 Å². The lowest BCUT2D eigenvalue weighted by molar-refractivity contribution is 0.250. The Morgan fingerprint density at radius 2 is 2.18 bits per heavy atom. The molecule has 92 valence electrons. The molecule has 1 rings (SSSR count). The Labute approximate surface area is 99.9 Å². The van der Waals surface area contributed by atoms with E-state index in [1.165, 1.54) is 12.0 Å². The van der Waals surface area contributed by atoms with E-state index in [1.54, 1.807) is 12.1 Å². The number of anilines is 1. The second kappa shape index (κ2) is 5.74. The number of urea groups is 1. The van der Waals surface area contributed by atoms with E-state index in [9.17, 15) is 4.79 Å². The van der Waals surface area contributed by atoms with Crippen molar-refractivity contribution in [3.63, 3.8) is 0 Å². The maximum absolute atomic E-state index is 11.8. The van der Waals surface area contributed by atoms with Gasteiger partial charge in [-0.25, -0.2) is 4.79 Å². The van der Waals surface area contributed by atoms with Crippen LogP contribution >= 0.6 is 0 Å². The van der Waals surface area contributed by atoms with Gasteiger partial charge in [0, 0.05) is 6.54 Å². The molecule has 6 heteroatoms. The van der Waals surface area contributed by atoms with Gasteiger partial charge >= 0.3 is 6.03 Å². The van der Waals surface area contributed by atoms with E-state index >= 15 is 0 Å². The van der Waals surface area contributed by atoms with Crippen LogP contribution in [0.4, 0.5) is 10.5 Å². The Morgan fingerprint density at radius 1 is 1.53 bits per heavy atom. The molecule has 0 unspecified atom stereocenters. The minimum absolute atomic E-state index is 0.386. The van der Waals surface area contributed by atoms with Gasteiger partial charge in [0.05, 0.1) is 12.8 Å². The summed E-state index contributed by atoms with van der Waals surface area (Å²) in [5.74, 6) is 0.205. The van der Waals surface area contributed by atoms with E-state index in [2.05, 4.69) is 5.32 Å². The lowest BCUT2D eigenvalue weighted by atomic mass is 10.2. The zero-order valence-electron chi connectivity index (χ0n) is 9.86. The van der Waals surface area contributed by atoms with E-state index < -0.39 is 6.03 Å². The van der Waals surface area contributed by atoms with E-state index in [1.807, 2.05) is 19.1 Å². The summed E-state index contributed by atoms with van der Waals surface area (Å²) in [6, 6.07) is 6.70. The standard InChI is InChI=1S/C11H16N4O2/c1-3-15(11(16)14-10(12)13)8-6-4-5-7-9(8)17-2/h4-7H,3H2,1-2H3,(H4,12,13,14,16). The summed E-state index contributed by atoms with van der Waals surface area (Å²) in [7, 11) is 1.54. The van der Waals surface area contributed by atoms with Gasteiger partial charge in [-0.3, -0.25) is 15.6 Å². The van der Waals surface area contributed by atoms with Gasteiger partial charge in [0.2, 0.25) is 0 Å². The topological polar surface area (TPSA) is 91.4 Å². The highest BCUT2D eigenvalue weighted by molar-refractivity contribution is 6.03. The number of carbonyl (C=O) groups excluding carboxylic acids is 1. The van der Waals surface area contributed by atoms with Crippen LogP contribution in [0.2, 0.25) is 0 Å². The fourth-order valence-electron chi connectivity index (χ4n) is 1.46. The van der Waals surface area contributed by atoms with Crippen LogP contribution in [-0.4, -0.2) is 25.6 Å². The average molecular weight is 236 g/mol. The first kappa shape index (κ1) is 12.8. The fourth-order valence-corrected chi connectivity index (χ4v) is 1.46. The van der Waals surface area contributed by atoms with Crippen LogP contribution in [0.25, 0.3) is 0 Å². The molecule has 17 heavy (non-hydrogen) atoms. The van der Waals surface area contributed by atoms with Gasteiger partial charge in [0.25, 0.3) is 0 Å². The first-order chi connectivity index (χ1) is 8.10. The molecule has 4 N–H and O–H groups in total. The number of nitrogens with one attached hydrogen (secondary N) is 2. The number of benzene rings is 1. The molecule has 0 saturated carbocycles. The van der Waals surface area contributed by atoms with E-state index in [0.717, 1.165) is 0 Å². The molecule has 0 saturated heterocycles. The number of nitrogens with zero attached hydrogens (tertiary/aromatic N) is 1. The zero-order valence-corrected chi connectivity index (χ0v) is 9.86. The normalized spacial score (nSPS) is 9.53. The van der Waals surface area contributed by atoms with Crippen molar-refractivity contribution >= 4 is 17.7 Å². The minimum Gasteiger partial charge on any atom is -0.495 e. The number of nitrogens with two attached hydrogens (primary N) is 1. The summed E-state index contributed by atoms with van der Waals surface area (Å²) in [6.45, 7) is 2.27. The third-order valence-electron chi connectivity index (χ3n) is 2.18. The molecule has 1 aromatic rings. The summed E-state index contributed by atoms with van der Waals surface area (Å²) in [4.78, 5) is 13.2. The Morgan fingerprint density at radius 3 is 2.71 bits per heavy atom. The number of amides is 2. The van der Waals surface area contributed by atoms with Crippen molar-refractivity contribution in [3.05, 3.63) is 24.3 Å². The van der Waals surface area contributed by atoms with Crippen molar-refractivity contribution in [3.8, 4) is 5.75 Å². The van der Waals surface area contributed by atoms with Gasteiger partial charge in [-0.2, -0.15) is 0 Å². The number of ether oxygens (including phenoxy) is 1. The Balaban J connectivity index is 3.00. The maximum Gasteiger partial charge on any atom is 0.328 e. The lowest BCUT2D eigenvalue weighted by Crippen LogP contribution is -2.45. The summed E-state index contributed by atoms with van der Waals surface area (Å²) >= 11 is 0. The number of carbonyl (C=O) groups is 1. The minimum atomic E-state index is -0.454. The molecule has 0 radical (unpaired) electrons. The quantitative estimate of drug-likeness (QED) is 0.542. The molecule has 1 aromatic carbocycles. The van der Waals surface area contributed by atoms with Crippen LogP contribution in [0.5, 0.6) is 5.75 Å². The van der Waals surface area contributed by atoms with Crippen molar-refractivity contribution < 1.29 is 9.53 Å². The first-order valence-corrected chi connectivity index (χ1v) is 5.15. The fraction of sp³-hybridized carbons (Fsp3) is 0.273. The van der Waals surface area contributed by atoms with E-state index in [4.69, 9.17) is 15.9 Å². The summed E-state index contributed by atoms with van der Waals surface area (Å²) < 4.78 is 5.18. The summed E-state index contributed by atoms with van der Waals surface area (Å²) in [5, 5.41) is 9.28. The van der Waals surface area contributed by atoms with Crippen LogP contribution in [0.3, 0.4) is 0 Å². The van der Waals surface area contributed by atoms with E-state index in [-0.39, 0.29) is 5.96 Å². The number of para-hydroxylation sites is 2. The largest absolute Gasteiger partial charge is 0.495 e. The molecule has 0 atom stereocenters. The molecule has 0 spiro atoms. The van der Waals surface area contributed by atoms with Gasteiger partial charge in [0.15, 0.2) is 5.96 Å². The van der Waals surface area contributed by atoms with Crippen LogP contribution in [0.15, 0.2) is 24.3 Å². The number of guanidine groups is 1. The van der Waals surface area contributed by atoms with Crippen molar-refractivity contribution in [2.45, 2.75) is 6.92 Å². The molecule has 0 heterocycles. The molecule has 0 bridgehead atoms. The molecular weight excluding hydrogens is 220 g/mol. The molecule has 0 aliphatic rings. The van der Waals surface area contributed by atoms with Gasteiger partial charge in [-0.15, -0.1) is 0 Å². The summed E-state index contributed by atoms with van der Waals surface area (Å²) in [6.07, 6.45) is 0. The zero-order chi connectivity index (χ0) is 12.8. The van der Waals surface area contributed by atoms with Gasteiger partial charge < -0.3 is 10.5 Å². The molecule has 0 fully saturated rings. The second-order valence-corrected chi connectivity index (χ2v) is 3.26. The number of hydrogen-bond acceptors (Lipinski definition) is 3. The third kappa shape index (κ3) is 3.10. The highest BCUT2D eigenvalue weighted by Gasteiger charge is 2.17. The molecule has 6 nitrogen and oxygen atoms in total. The smallest absolute Gasteiger partial charge is 0.328 e. The predicted octanol–water partition coefficient (Wildman–Crippen LogP) is 1.12. The SMILES string of the molecule is CCN(C(=O)NC(=N)N)c1ccccc1OC. The van der Waals surface area contributed by atoms with Crippen molar-refractivity contribution in [2.24, 2.45) is 5.73 Å². The Kier molecular flexibility index (Phi) is 4.33. The number of methoxy groups -OCH3 is 1. The monoisotopic (exact) mass is 236 g/mol. The maximum atomic E-state index is 11.8. The Bertz CT molecular complexity index is 420. The van der Waals surface area contributed by atoms with Crippen molar-refractivity contribution in [1.82, 2.24) is 5.32 Å².